The van der Waals surface area contributed by atoms with Crippen molar-refractivity contribution < 1.29 is 19.1 Å². The van der Waals surface area contributed by atoms with Gasteiger partial charge in [-0.3, -0.25) is 14.9 Å². The summed E-state index contributed by atoms with van der Waals surface area (Å²) in [6.07, 6.45) is -0.0975. The Bertz CT molecular complexity index is 580. The molecule has 22 heavy (non-hydrogen) atoms. The van der Waals surface area contributed by atoms with E-state index < -0.39 is 17.8 Å². The Morgan fingerprint density at radius 1 is 1.32 bits per heavy atom. The van der Waals surface area contributed by atoms with E-state index in [1.807, 2.05) is 5.32 Å². The minimum Gasteiger partial charge on any atom is -0.496 e. The van der Waals surface area contributed by atoms with Crippen molar-refractivity contribution in [2.24, 2.45) is 5.73 Å². The summed E-state index contributed by atoms with van der Waals surface area (Å²) in [7, 11) is 1.39. The summed E-state index contributed by atoms with van der Waals surface area (Å²) < 4.78 is 5.04. The van der Waals surface area contributed by atoms with E-state index in [0.29, 0.717) is 0 Å². The number of carbonyl (C=O) groups is 3. The molecule has 10 heteroatoms. The molecule has 0 atom stereocenters. The molecule has 1 aromatic carbocycles. The quantitative estimate of drug-likeness (QED) is 0.578. The summed E-state index contributed by atoms with van der Waals surface area (Å²) in [4.78, 5) is 33.6. The number of carbonyl (C=O) groups excluding carboxylic acids is 3. The van der Waals surface area contributed by atoms with Crippen LogP contribution in [0.5, 0.6) is 5.75 Å². The number of imide groups is 1. The molecule has 0 aliphatic heterocycles. The maximum Gasteiger partial charge on any atom is 0.318 e. The molecule has 0 saturated heterocycles. The van der Waals surface area contributed by atoms with E-state index in [2.05, 4.69) is 5.32 Å². The molecule has 0 heterocycles. The highest BCUT2D eigenvalue weighted by molar-refractivity contribution is 6.33. The zero-order chi connectivity index (χ0) is 16.0. The molecule has 0 saturated carbocycles. The molecule has 0 radical (unpaired) electrons. The molecule has 0 unspecified atom stereocenters. The fraction of sp³-hybridized carbons (Fsp3) is 0.250. The van der Waals surface area contributed by atoms with Gasteiger partial charge in [-0.15, -0.1) is 12.4 Å². The zero-order valence-corrected chi connectivity index (χ0v) is 13.2. The lowest BCUT2D eigenvalue weighted by Gasteiger charge is -2.11. The number of hydrogen-bond acceptors (Lipinski definition) is 5. The standard InChI is InChI=1S/C12H15ClN4O4.ClH/c1-21-9-5-8(14)7(13)4-6(9)11(19)16-3-2-10(18)17-12(15)20;/h4-5H,2-3,14H2,1H3,(H,16,19)(H3,15,17,18,20);1H. The lowest BCUT2D eigenvalue weighted by Crippen LogP contribution is -2.37. The van der Waals surface area contributed by atoms with Crippen LogP contribution in [0.2, 0.25) is 5.02 Å². The van der Waals surface area contributed by atoms with Gasteiger partial charge in [0.25, 0.3) is 5.91 Å². The molecule has 8 nitrogen and oxygen atoms in total. The van der Waals surface area contributed by atoms with Crippen LogP contribution in [0.4, 0.5) is 10.5 Å². The zero-order valence-electron chi connectivity index (χ0n) is 11.6. The fourth-order valence-electron chi connectivity index (χ4n) is 1.50. The van der Waals surface area contributed by atoms with Crippen LogP contribution in [-0.4, -0.2) is 31.5 Å². The molecule has 6 N–H and O–H groups in total. The van der Waals surface area contributed by atoms with E-state index in [1.165, 1.54) is 19.2 Å². The van der Waals surface area contributed by atoms with Gasteiger partial charge < -0.3 is 21.5 Å². The van der Waals surface area contributed by atoms with E-state index in [0.717, 1.165) is 0 Å². The Hall–Kier alpha value is -2.19. The minimum absolute atomic E-state index is 0. The number of benzene rings is 1. The molecule has 0 spiro atoms. The smallest absolute Gasteiger partial charge is 0.318 e. The Morgan fingerprint density at radius 2 is 1.95 bits per heavy atom. The Kier molecular flexibility index (Phi) is 8.06. The van der Waals surface area contributed by atoms with Crippen molar-refractivity contribution in [3.05, 3.63) is 22.7 Å². The number of halogens is 2. The summed E-state index contributed by atoms with van der Waals surface area (Å²) in [6.45, 7) is 0.0170. The van der Waals surface area contributed by atoms with Crippen LogP contribution in [0.1, 0.15) is 16.8 Å². The number of nitrogens with one attached hydrogen (secondary N) is 2. The molecule has 0 aliphatic rings. The monoisotopic (exact) mass is 350 g/mol. The van der Waals surface area contributed by atoms with Crippen molar-refractivity contribution in [2.45, 2.75) is 6.42 Å². The van der Waals surface area contributed by atoms with E-state index in [1.54, 1.807) is 0 Å². The Balaban J connectivity index is 0.00000441. The van der Waals surface area contributed by atoms with E-state index in [-0.39, 0.29) is 47.4 Å². The minimum atomic E-state index is -0.946. The number of anilines is 1. The molecule has 1 rings (SSSR count). The van der Waals surface area contributed by atoms with E-state index in [4.69, 9.17) is 27.8 Å². The van der Waals surface area contributed by atoms with Gasteiger partial charge in [0.1, 0.15) is 5.75 Å². The first-order valence-electron chi connectivity index (χ1n) is 5.85. The average Bonchev–Trinajstić information content (AvgIpc) is 2.40. The Morgan fingerprint density at radius 3 is 2.50 bits per heavy atom. The van der Waals surface area contributed by atoms with Crippen LogP contribution < -0.4 is 26.8 Å². The number of nitrogen functional groups attached to an aromatic ring is 1. The number of primary amides is 1. The molecule has 0 aliphatic carbocycles. The van der Waals surface area contributed by atoms with Gasteiger partial charge in [0, 0.05) is 19.0 Å². The van der Waals surface area contributed by atoms with Crippen molar-refractivity contribution in [3.8, 4) is 5.75 Å². The highest BCUT2D eigenvalue weighted by Gasteiger charge is 2.15. The third-order valence-electron chi connectivity index (χ3n) is 2.46. The third-order valence-corrected chi connectivity index (χ3v) is 2.79. The van der Waals surface area contributed by atoms with Gasteiger partial charge in [0.2, 0.25) is 5.91 Å². The number of ether oxygens (including phenoxy) is 1. The summed E-state index contributed by atoms with van der Waals surface area (Å²) in [6, 6.07) is 1.85. The van der Waals surface area contributed by atoms with Crippen molar-refractivity contribution in [1.82, 2.24) is 10.6 Å². The van der Waals surface area contributed by atoms with Gasteiger partial charge in [0.05, 0.1) is 23.4 Å². The number of hydrogen-bond donors (Lipinski definition) is 4. The van der Waals surface area contributed by atoms with Crippen LogP contribution in [-0.2, 0) is 4.79 Å². The van der Waals surface area contributed by atoms with Gasteiger partial charge in [-0.1, -0.05) is 11.6 Å². The van der Waals surface area contributed by atoms with Gasteiger partial charge in [-0.25, -0.2) is 4.79 Å². The Labute approximate surface area is 137 Å². The second-order valence-electron chi connectivity index (χ2n) is 3.99. The number of nitrogens with two attached hydrogens (primary N) is 2. The summed E-state index contributed by atoms with van der Waals surface area (Å²) >= 11 is 5.85. The number of urea groups is 1. The average molecular weight is 351 g/mol. The maximum atomic E-state index is 12.0. The summed E-state index contributed by atoms with van der Waals surface area (Å²) in [5.41, 5.74) is 10.9. The van der Waals surface area contributed by atoms with E-state index >= 15 is 0 Å². The van der Waals surface area contributed by atoms with Crippen molar-refractivity contribution >= 4 is 47.5 Å². The molecule has 4 amide bonds. The number of methoxy groups -OCH3 is 1. The first kappa shape index (κ1) is 19.8. The second kappa shape index (κ2) is 8.96. The number of rotatable bonds is 5. The highest BCUT2D eigenvalue weighted by Crippen LogP contribution is 2.28. The van der Waals surface area contributed by atoms with Crippen molar-refractivity contribution in [1.29, 1.82) is 0 Å². The van der Waals surface area contributed by atoms with Crippen molar-refractivity contribution in [3.63, 3.8) is 0 Å². The first-order chi connectivity index (χ1) is 9.85. The van der Waals surface area contributed by atoms with Gasteiger partial charge in [-0.2, -0.15) is 0 Å². The largest absolute Gasteiger partial charge is 0.496 e. The van der Waals surface area contributed by atoms with Crippen LogP contribution >= 0.6 is 24.0 Å². The molecule has 122 valence electrons. The van der Waals surface area contributed by atoms with E-state index in [9.17, 15) is 14.4 Å². The highest BCUT2D eigenvalue weighted by atomic mass is 35.5. The topological polar surface area (TPSA) is 137 Å². The number of amides is 4. The normalized spacial score (nSPS) is 9.36. The van der Waals surface area contributed by atoms with Gasteiger partial charge in [-0.05, 0) is 6.07 Å². The van der Waals surface area contributed by atoms with Crippen molar-refractivity contribution in [2.75, 3.05) is 19.4 Å². The molecule has 0 aromatic heterocycles. The maximum absolute atomic E-state index is 12.0. The second-order valence-corrected chi connectivity index (χ2v) is 4.40. The molecular weight excluding hydrogens is 335 g/mol. The van der Waals surface area contributed by atoms with Crippen LogP contribution in [0.25, 0.3) is 0 Å². The van der Waals surface area contributed by atoms with Crippen LogP contribution in [0, 0.1) is 0 Å². The SMILES string of the molecule is COc1cc(N)c(Cl)cc1C(=O)NCCC(=O)NC(N)=O.Cl. The first-order valence-corrected chi connectivity index (χ1v) is 6.23. The summed E-state index contributed by atoms with van der Waals surface area (Å²) in [5, 5.41) is 4.59. The molecular formula is C12H16Cl2N4O4. The summed E-state index contributed by atoms with van der Waals surface area (Å²) in [5.74, 6) is -0.818. The predicted molar refractivity (Wildman–Crippen MR) is 84.3 cm³/mol. The third kappa shape index (κ3) is 5.66. The molecule has 0 bridgehead atoms. The van der Waals surface area contributed by atoms with Crippen LogP contribution in [0.15, 0.2) is 12.1 Å². The van der Waals surface area contributed by atoms with Gasteiger partial charge >= 0.3 is 6.03 Å². The molecule has 1 aromatic rings. The lowest BCUT2D eigenvalue weighted by atomic mass is 10.1. The van der Waals surface area contributed by atoms with Gasteiger partial charge in [0.15, 0.2) is 0 Å². The predicted octanol–water partition coefficient (Wildman–Crippen LogP) is 0.667. The van der Waals surface area contributed by atoms with Crippen LogP contribution in [0.3, 0.4) is 0 Å². The molecule has 0 fully saturated rings. The fourth-order valence-corrected chi connectivity index (χ4v) is 1.66. The lowest BCUT2D eigenvalue weighted by molar-refractivity contribution is -0.119.